The van der Waals surface area contributed by atoms with Gasteiger partial charge in [-0.05, 0) is 85.3 Å². The molecule has 0 saturated heterocycles. The molecule has 0 bridgehead atoms. The first-order valence-electron chi connectivity index (χ1n) is 14.4. The van der Waals surface area contributed by atoms with Gasteiger partial charge in [0.15, 0.2) is 0 Å². The number of carboxylic acid groups (broad SMARTS) is 1. The van der Waals surface area contributed by atoms with Crippen LogP contribution in [0.25, 0.3) is 0 Å². The van der Waals surface area contributed by atoms with Gasteiger partial charge in [-0.2, -0.15) is 0 Å². The molecule has 9 nitrogen and oxygen atoms in total. The average Bonchev–Trinajstić information content (AvgIpc) is 3.00. The topological polar surface area (TPSA) is 131 Å². The normalized spacial score (nSPS) is 16.5. The second-order valence-corrected chi connectivity index (χ2v) is 12.5. The third-order valence-electron chi connectivity index (χ3n) is 7.30. The van der Waals surface area contributed by atoms with Crippen molar-refractivity contribution in [3.05, 3.63) is 120 Å². The van der Waals surface area contributed by atoms with Crippen LogP contribution in [0, 0.1) is 0 Å². The molecule has 0 radical (unpaired) electrons. The molecule has 10 heteroatoms. The first-order valence-corrected chi connectivity index (χ1v) is 16.1. The minimum Gasteiger partial charge on any atom is -0.490 e. The number of sulfonamides is 1. The Kier molecular flexibility index (Phi) is 9.93. The van der Waals surface area contributed by atoms with Crippen LogP contribution in [0.5, 0.6) is 17.2 Å². The lowest BCUT2D eigenvalue weighted by molar-refractivity contribution is -0.115. The second kappa shape index (κ2) is 14.2. The summed E-state index contributed by atoms with van der Waals surface area (Å²) < 4.78 is 40.1. The largest absolute Gasteiger partial charge is 0.490 e. The maximum Gasteiger partial charge on any atom is 0.337 e. The first-order chi connectivity index (χ1) is 21.2. The third kappa shape index (κ3) is 8.92. The van der Waals surface area contributed by atoms with E-state index in [-0.39, 0.29) is 41.5 Å². The lowest BCUT2D eigenvalue weighted by atomic mass is 9.94. The summed E-state index contributed by atoms with van der Waals surface area (Å²) in [4.78, 5) is 23.8. The molecule has 0 aromatic heterocycles. The van der Waals surface area contributed by atoms with Gasteiger partial charge < -0.3 is 19.9 Å². The number of rotatable bonds is 12. The fourth-order valence-electron chi connectivity index (χ4n) is 5.14. The van der Waals surface area contributed by atoms with E-state index in [1.807, 2.05) is 54.6 Å². The van der Waals surface area contributed by atoms with Gasteiger partial charge in [-0.25, -0.2) is 17.9 Å². The quantitative estimate of drug-likeness (QED) is 0.174. The number of para-hydroxylation sites is 1. The van der Waals surface area contributed by atoms with Crippen LogP contribution in [0.2, 0.25) is 0 Å². The predicted molar refractivity (Wildman–Crippen MR) is 168 cm³/mol. The number of amides is 1. The Morgan fingerprint density at radius 3 is 1.98 bits per heavy atom. The van der Waals surface area contributed by atoms with E-state index in [4.69, 9.17) is 9.47 Å². The highest BCUT2D eigenvalue weighted by molar-refractivity contribution is 7.88. The van der Waals surface area contributed by atoms with Crippen LogP contribution in [-0.2, 0) is 27.0 Å². The van der Waals surface area contributed by atoms with Gasteiger partial charge in [-0.3, -0.25) is 4.79 Å². The summed E-state index contributed by atoms with van der Waals surface area (Å²) in [6, 6.07) is 29.8. The number of hydrogen-bond donors (Lipinski definition) is 3. The van der Waals surface area contributed by atoms with Crippen LogP contribution in [0.1, 0.15) is 47.2 Å². The van der Waals surface area contributed by atoms with E-state index in [1.165, 1.54) is 6.07 Å². The van der Waals surface area contributed by atoms with E-state index in [0.717, 1.165) is 29.7 Å². The molecule has 5 rings (SSSR count). The predicted octanol–water partition coefficient (Wildman–Crippen LogP) is 6.17. The third-order valence-corrected chi connectivity index (χ3v) is 8.71. The molecule has 0 atom stereocenters. The van der Waals surface area contributed by atoms with Crippen LogP contribution in [0.4, 0.5) is 5.69 Å². The van der Waals surface area contributed by atoms with E-state index < -0.39 is 16.0 Å². The number of anilines is 1. The van der Waals surface area contributed by atoms with Gasteiger partial charge in [0.05, 0.1) is 29.5 Å². The first kappa shape index (κ1) is 30.8. The van der Waals surface area contributed by atoms with Gasteiger partial charge in [0.2, 0.25) is 15.9 Å². The molecular formula is C34H34N2O7S. The summed E-state index contributed by atoms with van der Waals surface area (Å²) in [7, 11) is -3.41. The highest BCUT2D eigenvalue weighted by Gasteiger charge is 2.26. The Bertz CT molecular complexity index is 1670. The second-order valence-electron chi connectivity index (χ2n) is 10.7. The van der Waals surface area contributed by atoms with Gasteiger partial charge in [-0.15, -0.1) is 0 Å². The SMILES string of the molecule is O=C(Cc1ccc(Oc2ccc(OC3CCC(NS(=O)(=O)Cc4ccccc4)CC3)cc2)cc1)Nc1ccccc1C(=O)O. The number of carboxylic acids is 1. The number of ether oxygens (including phenoxy) is 2. The van der Waals surface area contributed by atoms with Crippen molar-refractivity contribution >= 4 is 27.6 Å². The zero-order chi connectivity index (χ0) is 30.9. The van der Waals surface area contributed by atoms with Crippen molar-refractivity contribution in [1.29, 1.82) is 0 Å². The molecule has 0 aliphatic heterocycles. The van der Waals surface area contributed by atoms with E-state index in [9.17, 15) is 23.1 Å². The average molecular weight is 615 g/mol. The molecule has 1 amide bonds. The molecule has 4 aromatic carbocycles. The van der Waals surface area contributed by atoms with Crippen molar-refractivity contribution in [3.63, 3.8) is 0 Å². The molecule has 0 heterocycles. The Balaban J connectivity index is 1.05. The van der Waals surface area contributed by atoms with Gasteiger partial charge in [0, 0.05) is 6.04 Å². The lowest BCUT2D eigenvalue weighted by Gasteiger charge is -2.29. The molecule has 4 aromatic rings. The Hall–Kier alpha value is -4.67. The van der Waals surface area contributed by atoms with E-state index in [0.29, 0.717) is 24.3 Å². The summed E-state index contributed by atoms with van der Waals surface area (Å²) >= 11 is 0. The Morgan fingerprint density at radius 1 is 0.727 bits per heavy atom. The van der Waals surface area contributed by atoms with Gasteiger partial charge in [-0.1, -0.05) is 54.6 Å². The molecule has 0 spiro atoms. The molecule has 228 valence electrons. The monoisotopic (exact) mass is 614 g/mol. The molecule has 1 saturated carbocycles. The Labute approximate surface area is 256 Å². The lowest BCUT2D eigenvalue weighted by Crippen LogP contribution is -2.40. The maximum atomic E-state index is 12.6. The molecule has 1 fully saturated rings. The minimum absolute atomic E-state index is 0.0130. The zero-order valence-corrected chi connectivity index (χ0v) is 24.8. The van der Waals surface area contributed by atoms with Crippen LogP contribution in [0.15, 0.2) is 103 Å². The zero-order valence-electron chi connectivity index (χ0n) is 24.0. The van der Waals surface area contributed by atoms with Gasteiger partial charge in [0.1, 0.15) is 17.2 Å². The maximum absolute atomic E-state index is 12.6. The molecule has 3 N–H and O–H groups in total. The fourth-order valence-corrected chi connectivity index (χ4v) is 6.59. The van der Waals surface area contributed by atoms with Crippen molar-refractivity contribution in [2.45, 2.75) is 50.0 Å². The van der Waals surface area contributed by atoms with Crippen molar-refractivity contribution < 1.29 is 32.6 Å². The standard InChI is InChI=1S/C34H34N2O7S/c37-33(35-32-9-5-4-8-31(32)34(38)39)22-24-10-14-27(15-11-24)42-29-18-20-30(21-19-29)43-28-16-12-26(13-17-28)36-44(40,41)23-25-6-2-1-3-7-25/h1-11,14-15,18-21,26,28,36H,12-13,16-17,22-23H2,(H,35,37)(H,38,39). The van der Waals surface area contributed by atoms with Crippen molar-refractivity contribution in [2.24, 2.45) is 0 Å². The number of aromatic carboxylic acids is 1. The molecular weight excluding hydrogens is 580 g/mol. The number of nitrogens with one attached hydrogen (secondary N) is 2. The highest BCUT2D eigenvalue weighted by atomic mass is 32.2. The summed E-state index contributed by atoms with van der Waals surface area (Å²) in [5, 5.41) is 12.0. The smallest absolute Gasteiger partial charge is 0.337 e. The van der Waals surface area contributed by atoms with Crippen molar-refractivity contribution in [3.8, 4) is 17.2 Å². The molecule has 1 aliphatic carbocycles. The van der Waals surface area contributed by atoms with Gasteiger partial charge >= 0.3 is 5.97 Å². The number of carbonyl (C=O) groups is 2. The van der Waals surface area contributed by atoms with Gasteiger partial charge in [0.25, 0.3) is 0 Å². The molecule has 1 aliphatic rings. The summed E-state index contributed by atoms with van der Waals surface area (Å²) in [6.07, 6.45) is 3.04. The summed E-state index contributed by atoms with van der Waals surface area (Å²) in [5.74, 6) is 0.506. The molecule has 0 unspecified atom stereocenters. The van der Waals surface area contributed by atoms with Crippen LogP contribution in [-0.4, -0.2) is 37.5 Å². The Morgan fingerprint density at radius 2 is 1.32 bits per heavy atom. The van der Waals surface area contributed by atoms with Crippen molar-refractivity contribution in [2.75, 3.05) is 5.32 Å². The van der Waals surface area contributed by atoms with Crippen LogP contribution < -0.4 is 19.5 Å². The van der Waals surface area contributed by atoms with E-state index >= 15 is 0 Å². The summed E-state index contributed by atoms with van der Waals surface area (Å²) in [6.45, 7) is 0. The summed E-state index contributed by atoms with van der Waals surface area (Å²) in [5.41, 5.74) is 1.81. The van der Waals surface area contributed by atoms with E-state index in [1.54, 1.807) is 42.5 Å². The van der Waals surface area contributed by atoms with Crippen LogP contribution >= 0.6 is 0 Å². The highest BCUT2D eigenvalue weighted by Crippen LogP contribution is 2.28. The number of hydrogen-bond acceptors (Lipinski definition) is 6. The number of benzene rings is 4. The molecule has 44 heavy (non-hydrogen) atoms. The fraction of sp³-hybridized carbons (Fsp3) is 0.235. The van der Waals surface area contributed by atoms with E-state index in [2.05, 4.69) is 10.0 Å². The number of carbonyl (C=O) groups excluding carboxylic acids is 1. The van der Waals surface area contributed by atoms with Crippen molar-refractivity contribution in [1.82, 2.24) is 4.72 Å². The minimum atomic E-state index is -3.41. The van der Waals surface area contributed by atoms with Crippen LogP contribution in [0.3, 0.4) is 0 Å².